The van der Waals surface area contributed by atoms with Crippen LogP contribution in [0.3, 0.4) is 0 Å². The van der Waals surface area contributed by atoms with E-state index in [0.717, 1.165) is 30.4 Å². The highest BCUT2D eigenvalue weighted by molar-refractivity contribution is 5.79. The first kappa shape index (κ1) is 12.9. The van der Waals surface area contributed by atoms with Gasteiger partial charge in [-0.05, 0) is 48.9 Å². The number of ether oxygens (including phenoxy) is 1. The largest absolute Gasteiger partial charge is 0.481 e. The Balaban J connectivity index is 2.20. The van der Waals surface area contributed by atoms with Gasteiger partial charge in [0, 0.05) is 0 Å². The summed E-state index contributed by atoms with van der Waals surface area (Å²) in [4.78, 5) is 11.1. The molecule has 1 aromatic rings. The number of rotatable bonds is 4. The minimum atomic E-state index is -0.608. The van der Waals surface area contributed by atoms with Crippen LogP contribution in [0.4, 0.5) is 0 Å². The number of carbonyl (C=O) groups is 1. The van der Waals surface area contributed by atoms with E-state index in [1.165, 1.54) is 0 Å². The summed E-state index contributed by atoms with van der Waals surface area (Å²) in [5.41, 5.74) is 7.32. The number of hydrogen-bond donors (Lipinski definition) is 2. The Morgan fingerprint density at radius 3 is 3.06 bits per heavy atom. The van der Waals surface area contributed by atoms with E-state index in [-0.39, 0.29) is 0 Å². The van der Waals surface area contributed by atoms with Crippen LogP contribution >= 0.6 is 0 Å². The normalized spacial score (nSPS) is 20.0. The zero-order valence-corrected chi connectivity index (χ0v) is 10.6. The summed E-state index contributed by atoms with van der Waals surface area (Å²) in [5, 5.41) is 9.94. The van der Waals surface area contributed by atoms with Crippen molar-refractivity contribution in [3.63, 3.8) is 0 Å². The van der Waals surface area contributed by atoms with E-state index in [0.29, 0.717) is 12.2 Å². The first-order valence-corrected chi connectivity index (χ1v) is 6.38. The van der Waals surface area contributed by atoms with Crippen LogP contribution in [0.15, 0.2) is 18.2 Å². The first-order valence-electron chi connectivity index (χ1n) is 6.38. The van der Waals surface area contributed by atoms with Crippen LogP contribution in [0.5, 0.6) is 5.75 Å². The molecular weight excluding hydrogens is 230 g/mol. The Kier molecular flexibility index (Phi) is 3.87. The van der Waals surface area contributed by atoms with Crippen molar-refractivity contribution in [3.8, 4) is 5.75 Å². The summed E-state index contributed by atoms with van der Waals surface area (Å²) in [5.74, 6) is 0.135. The van der Waals surface area contributed by atoms with E-state index in [4.69, 9.17) is 10.5 Å². The lowest BCUT2D eigenvalue weighted by Gasteiger charge is -2.23. The molecule has 3 N–H and O–H groups in total. The molecule has 0 bridgehead atoms. The Hall–Kier alpha value is -1.55. The molecule has 2 atom stereocenters. The van der Waals surface area contributed by atoms with Gasteiger partial charge in [-0.25, -0.2) is 0 Å². The Labute approximate surface area is 107 Å². The minimum absolute atomic E-state index is 0.425. The Morgan fingerprint density at radius 2 is 2.39 bits per heavy atom. The molecule has 4 nitrogen and oxygen atoms in total. The molecule has 2 unspecified atom stereocenters. The number of aryl methyl sites for hydroxylation is 1. The average Bonchev–Trinajstić information content (AvgIpc) is 2.36. The summed E-state index contributed by atoms with van der Waals surface area (Å²) >= 11 is 0. The van der Waals surface area contributed by atoms with Crippen molar-refractivity contribution in [2.45, 2.75) is 44.8 Å². The topological polar surface area (TPSA) is 72.6 Å². The number of carbonyl (C=O) groups excluding carboxylic acids is 1. The molecule has 98 valence electrons. The van der Waals surface area contributed by atoms with Crippen molar-refractivity contribution in [2.75, 3.05) is 0 Å². The number of fused-ring (bicyclic) bond motifs is 1. The van der Waals surface area contributed by atoms with Crippen molar-refractivity contribution < 1.29 is 14.6 Å². The molecule has 0 saturated heterocycles. The number of hydrogen-bond acceptors (Lipinski definition) is 3. The molecule has 0 aliphatic heterocycles. The average molecular weight is 249 g/mol. The number of benzene rings is 1. The molecule has 1 aliphatic rings. The molecule has 0 aromatic heterocycles. The van der Waals surface area contributed by atoms with Crippen molar-refractivity contribution in [2.24, 2.45) is 5.73 Å². The van der Waals surface area contributed by atoms with Gasteiger partial charge in [0.1, 0.15) is 5.75 Å². The molecular formula is C14H19NO3. The van der Waals surface area contributed by atoms with Gasteiger partial charge in [0.15, 0.2) is 6.10 Å². The second kappa shape index (κ2) is 5.40. The smallest absolute Gasteiger partial charge is 0.258 e. The van der Waals surface area contributed by atoms with Crippen LogP contribution in [0.25, 0.3) is 0 Å². The fourth-order valence-electron chi connectivity index (χ4n) is 2.33. The van der Waals surface area contributed by atoms with Crippen LogP contribution in [0, 0.1) is 0 Å². The van der Waals surface area contributed by atoms with Gasteiger partial charge in [-0.3, -0.25) is 4.79 Å². The molecule has 18 heavy (non-hydrogen) atoms. The van der Waals surface area contributed by atoms with Crippen molar-refractivity contribution in [1.29, 1.82) is 0 Å². The molecule has 0 radical (unpaired) electrons. The van der Waals surface area contributed by atoms with Gasteiger partial charge in [0.2, 0.25) is 0 Å². The minimum Gasteiger partial charge on any atom is -0.481 e. The van der Waals surface area contributed by atoms with Gasteiger partial charge in [0.25, 0.3) is 5.91 Å². The summed E-state index contributed by atoms with van der Waals surface area (Å²) < 4.78 is 5.55. The summed E-state index contributed by atoms with van der Waals surface area (Å²) in [6.07, 6.45) is 2.28. The third kappa shape index (κ3) is 2.64. The molecule has 1 aliphatic carbocycles. The Morgan fingerprint density at radius 1 is 1.61 bits per heavy atom. The van der Waals surface area contributed by atoms with Gasteiger partial charge in [-0.15, -0.1) is 0 Å². The maximum atomic E-state index is 11.1. The molecule has 0 spiro atoms. The highest BCUT2D eigenvalue weighted by Crippen LogP contribution is 2.32. The highest BCUT2D eigenvalue weighted by Gasteiger charge is 2.20. The second-order valence-electron chi connectivity index (χ2n) is 4.69. The van der Waals surface area contributed by atoms with Crippen LogP contribution in [0.2, 0.25) is 0 Å². The lowest BCUT2D eigenvalue weighted by Crippen LogP contribution is -2.33. The quantitative estimate of drug-likeness (QED) is 0.853. The zero-order chi connectivity index (χ0) is 13.1. The summed E-state index contributed by atoms with van der Waals surface area (Å²) in [6, 6.07) is 5.62. The monoisotopic (exact) mass is 249 g/mol. The van der Waals surface area contributed by atoms with Gasteiger partial charge < -0.3 is 15.6 Å². The summed E-state index contributed by atoms with van der Waals surface area (Å²) in [7, 11) is 0. The zero-order valence-electron chi connectivity index (χ0n) is 10.6. The van der Waals surface area contributed by atoms with E-state index in [1.54, 1.807) is 0 Å². The third-order valence-electron chi connectivity index (χ3n) is 3.37. The van der Waals surface area contributed by atoms with Crippen LogP contribution in [-0.2, 0) is 11.2 Å². The van der Waals surface area contributed by atoms with Crippen LogP contribution < -0.4 is 10.5 Å². The van der Waals surface area contributed by atoms with E-state index in [2.05, 4.69) is 0 Å². The number of nitrogens with two attached hydrogens (primary N) is 1. The standard InChI is InChI=1S/C14H19NO3/c1-2-13(14(15)17)18-10-7-6-9-4-3-5-12(16)11(9)8-10/h6-8,12-13,16H,2-5H2,1H3,(H2,15,17). The van der Waals surface area contributed by atoms with Gasteiger partial charge in [-0.2, -0.15) is 0 Å². The number of primary amides is 1. The van der Waals surface area contributed by atoms with Crippen LogP contribution in [-0.4, -0.2) is 17.1 Å². The molecule has 1 amide bonds. The number of amides is 1. The Bertz CT molecular complexity index is 445. The number of aliphatic hydroxyl groups is 1. The third-order valence-corrected chi connectivity index (χ3v) is 3.37. The lowest BCUT2D eigenvalue weighted by molar-refractivity contribution is -0.124. The van der Waals surface area contributed by atoms with Crippen LogP contribution in [0.1, 0.15) is 43.4 Å². The lowest BCUT2D eigenvalue weighted by atomic mass is 9.89. The van der Waals surface area contributed by atoms with E-state index in [9.17, 15) is 9.90 Å². The van der Waals surface area contributed by atoms with Gasteiger partial charge >= 0.3 is 0 Å². The van der Waals surface area contributed by atoms with Crippen molar-refractivity contribution >= 4 is 5.91 Å². The predicted molar refractivity (Wildman–Crippen MR) is 68.2 cm³/mol. The fourth-order valence-corrected chi connectivity index (χ4v) is 2.33. The molecule has 2 rings (SSSR count). The molecule has 0 heterocycles. The fraction of sp³-hybridized carbons (Fsp3) is 0.500. The molecule has 0 saturated carbocycles. The van der Waals surface area contributed by atoms with E-state index < -0.39 is 18.1 Å². The van der Waals surface area contributed by atoms with Crippen molar-refractivity contribution in [3.05, 3.63) is 29.3 Å². The predicted octanol–water partition coefficient (Wildman–Crippen LogP) is 1.70. The van der Waals surface area contributed by atoms with Crippen molar-refractivity contribution in [1.82, 2.24) is 0 Å². The van der Waals surface area contributed by atoms with Gasteiger partial charge in [-0.1, -0.05) is 13.0 Å². The summed E-state index contributed by atoms with van der Waals surface area (Å²) in [6.45, 7) is 1.85. The maximum Gasteiger partial charge on any atom is 0.258 e. The van der Waals surface area contributed by atoms with E-state index in [1.807, 2.05) is 25.1 Å². The maximum absolute atomic E-state index is 11.1. The van der Waals surface area contributed by atoms with E-state index >= 15 is 0 Å². The molecule has 4 heteroatoms. The second-order valence-corrected chi connectivity index (χ2v) is 4.69. The molecule has 1 aromatic carbocycles. The number of aliphatic hydroxyl groups excluding tert-OH is 1. The highest BCUT2D eigenvalue weighted by atomic mass is 16.5. The first-order chi connectivity index (χ1) is 8.61. The molecule has 0 fully saturated rings. The van der Waals surface area contributed by atoms with Gasteiger partial charge in [0.05, 0.1) is 6.10 Å². The SMILES string of the molecule is CCC(Oc1ccc2c(c1)C(O)CCC2)C(N)=O.